The number of ketones is 1. The minimum absolute atomic E-state index is 0.0224. The summed E-state index contributed by atoms with van der Waals surface area (Å²) in [5, 5.41) is 3.27. The van der Waals surface area contributed by atoms with Gasteiger partial charge in [0.25, 0.3) is 0 Å². The van der Waals surface area contributed by atoms with Crippen molar-refractivity contribution in [1.82, 2.24) is 5.32 Å². The highest BCUT2D eigenvalue weighted by atomic mass is 16.5. The second kappa shape index (κ2) is 8.63. The van der Waals surface area contributed by atoms with Crippen LogP contribution in [0.25, 0.3) is 0 Å². The normalized spacial score (nSPS) is 21.7. The second-order valence-corrected chi connectivity index (χ2v) is 7.69. The highest BCUT2D eigenvalue weighted by Crippen LogP contribution is 2.28. The second-order valence-electron chi connectivity index (χ2n) is 7.69. The Balaban J connectivity index is 2.41. The summed E-state index contributed by atoms with van der Waals surface area (Å²) in [4.78, 5) is 23.7. The smallest absolute Gasteiger partial charge is 0.309 e. The number of Topliss-reactive ketones (excluding diaryl/α,β-unsaturated/α-hetero) is 1. The maximum absolute atomic E-state index is 11.9. The predicted octanol–water partition coefficient (Wildman–Crippen LogP) is 1.89. The van der Waals surface area contributed by atoms with Gasteiger partial charge in [-0.2, -0.15) is 0 Å². The monoisotopic (exact) mass is 312 g/mol. The SMILES string of the molecule is COC(=O)[C@@H](CNC[C@@H](N)CC(C)(C)C)C[C@@H]1CCCC1=O. The molecule has 5 heteroatoms. The summed E-state index contributed by atoms with van der Waals surface area (Å²) < 4.78 is 4.87. The summed E-state index contributed by atoms with van der Waals surface area (Å²) >= 11 is 0. The van der Waals surface area contributed by atoms with E-state index < -0.39 is 0 Å². The molecule has 3 N–H and O–H groups in total. The van der Waals surface area contributed by atoms with Gasteiger partial charge in [0.2, 0.25) is 0 Å². The Kier molecular flexibility index (Phi) is 7.49. The van der Waals surface area contributed by atoms with Gasteiger partial charge in [-0.3, -0.25) is 9.59 Å². The molecule has 1 rings (SSSR count). The van der Waals surface area contributed by atoms with Gasteiger partial charge in [-0.05, 0) is 31.1 Å². The largest absolute Gasteiger partial charge is 0.469 e. The van der Waals surface area contributed by atoms with E-state index >= 15 is 0 Å². The summed E-state index contributed by atoms with van der Waals surface area (Å²) in [6, 6.07) is 0.0615. The van der Waals surface area contributed by atoms with Gasteiger partial charge in [-0.15, -0.1) is 0 Å². The van der Waals surface area contributed by atoms with Gasteiger partial charge in [0.15, 0.2) is 0 Å². The Morgan fingerprint density at radius 3 is 2.59 bits per heavy atom. The number of nitrogens with two attached hydrogens (primary N) is 1. The van der Waals surface area contributed by atoms with Crippen LogP contribution in [-0.2, 0) is 14.3 Å². The van der Waals surface area contributed by atoms with Crippen LogP contribution in [0.5, 0.6) is 0 Å². The third-order valence-corrected chi connectivity index (χ3v) is 4.21. The van der Waals surface area contributed by atoms with E-state index in [9.17, 15) is 9.59 Å². The zero-order valence-electron chi connectivity index (χ0n) is 14.5. The Bertz CT molecular complexity index is 377. The third kappa shape index (κ3) is 6.88. The highest BCUT2D eigenvalue weighted by molar-refractivity contribution is 5.83. The number of rotatable bonds is 8. The molecule has 0 bridgehead atoms. The Morgan fingerprint density at radius 1 is 1.41 bits per heavy atom. The number of ether oxygens (including phenoxy) is 1. The van der Waals surface area contributed by atoms with E-state index in [2.05, 4.69) is 26.1 Å². The van der Waals surface area contributed by atoms with E-state index in [1.54, 1.807) is 0 Å². The first-order valence-corrected chi connectivity index (χ1v) is 8.30. The summed E-state index contributed by atoms with van der Waals surface area (Å²) in [5.41, 5.74) is 6.30. The number of hydrogen-bond acceptors (Lipinski definition) is 5. The zero-order chi connectivity index (χ0) is 16.8. The van der Waals surface area contributed by atoms with Crippen LogP contribution in [-0.4, -0.2) is 38.0 Å². The van der Waals surface area contributed by atoms with Crippen molar-refractivity contribution in [3.63, 3.8) is 0 Å². The molecule has 1 aliphatic rings. The van der Waals surface area contributed by atoms with Crippen LogP contribution in [0.15, 0.2) is 0 Å². The molecular formula is C17H32N2O3. The van der Waals surface area contributed by atoms with E-state index in [1.165, 1.54) is 7.11 Å². The number of hydrogen-bond donors (Lipinski definition) is 2. The van der Waals surface area contributed by atoms with Gasteiger partial charge in [0.05, 0.1) is 13.0 Å². The molecule has 1 aliphatic carbocycles. The topological polar surface area (TPSA) is 81.4 Å². The molecular weight excluding hydrogens is 280 g/mol. The summed E-state index contributed by atoms with van der Waals surface area (Å²) in [6.07, 6.45) is 4.01. The lowest BCUT2D eigenvalue weighted by molar-refractivity contribution is -0.146. The van der Waals surface area contributed by atoms with Crippen LogP contribution >= 0.6 is 0 Å². The maximum atomic E-state index is 11.9. The fourth-order valence-corrected chi connectivity index (χ4v) is 3.21. The predicted molar refractivity (Wildman–Crippen MR) is 87.4 cm³/mol. The standard InChI is InChI=1S/C17H32N2O3/c1-17(2,3)9-14(18)11-19-10-13(16(21)22-4)8-12-6-5-7-15(12)20/h12-14,19H,5-11,18H2,1-4H3/t12-,13+,14-/m0/s1. The Morgan fingerprint density at radius 2 is 2.09 bits per heavy atom. The fraction of sp³-hybridized carbons (Fsp3) is 0.882. The van der Waals surface area contributed by atoms with Crippen LogP contribution in [0, 0.1) is 17.3 Å². The van der Waals surface area contributed by atoms with Gasteiger partial charge in [0.1, 0.15) is 5.78 Å². The molecule has 0 aromatic rings. The number of carbonyl (C=O) groups excluding carboxylic acids is 2. The summed E-state index contributed by atoms with van der Waals surface area (Å²) in [6.45, 7) is 7.68. The van der Waals surface area contributed by atoms with E-state index in [1.807, 2.05) is 0 Å². The Hall–Kier alpha value is -0.940. The van der Waals surface area contributed by atoms with Crippen molar-refractivity contribution in [2.45, 2.75) is 58.9 Å². The van der Waals surface area contributed by atoms with Crippen LogP contribution in [0.4, 0.5) is 0 Å². The van der Waals surface area contributed by atoms with Crippen LogP contribution in [0.2, 0.25) is 0 Å². The van der Waals surface area contributed by atoms with Crippen molar-refractivity contribution >= 4 is 11.8 Å². The molecule has 0 amide bonds. The van der Waals surface area contributed by atoms with E-state index in [0.717, 1.165) is 19.3 Å². The molecule has 5 nitrogen and oxygen atoms in total. The van der Waals surface area contributed by atoms with Crippen molar-refractivity contribution in [2.24, 2.45) is 23.0 Å². The lowest BCUT2D eigenvalue weighted by Gasteiger charge is -2.24. The maximum Gasteiger partial charge on any atom is 0.309 e. The average molecular weight is 312 g/mol. The van der Waals surface area contributed by atoms with Crippen molar-refractivity contribution in [3.8, 4) is 0 Å². The molecule has 0 radical (unpaired) electrons. The van der Waals surface area contributed by atoms with Gasteiger partial charge < -0.3 is 15.8 Å². The number of esters is 1. The molecule has 22 heavy (non-hydrogen) atoms. The van der Waals surface area contributed by atoms with Crippen molar-refractivity contribution in [2.75, 3.05) is 20.2 Å². The van der Waals surface area contributed by atoms with E-state index in [-0.39, 0.29) is 29.3 Å². The fourth-order valence-electron chi connectivity index (χ4n) is 3.21. The van der Waals surface area contributed by atoms with Crippen molar-refractivity contribution in [3.05, 3.63) is 0 Å². The minimum Gasteiger partial charge on any atom is -0.469 e. The highest BCUT2D eigenvalue weighted by Gasteiger charge is 2.30. The molecule has 1 fully saturated rings. The number of carbonyl (C=O) groups is 2. The molecule has 128 valence electrons. The van der Waals surface area contributed by atoms with Gasteiger partial charge in [-0.1, -0.05) is 20.8 Å². The molecule has 0 aromatic carbocycles. The Labute approximate surface area is 134 Å². The molecule has 0 aromatic heterocycles. The summed E-state index contributed by atoms with van der Waals surface area (Å²) in [7, 11) is 1.40. The first kappa shape index (κ1) is 19.1. The minimum atomic E-state index is -0.265. The van der Waals surface area contributed by atoms with Crippen LogP contribution in [0.3, 0.4) is 0 Å². The molecule has 0 saturated heterocycles. The lowest BCUT2D eigenvalue weighted by atomic mass is 9.88. The molecule has 1 saturated carbocycles. The zero-order valence-corrected chi connectivity index (χ0v) is 14.5. The lowest BCUT2D eigenvalue weighted by Crippen LogP contribution is -2.40. The summed E-state index contributed by atoms with van der Waals surface area (Å²) in [5.74, 6) is -0.192. The first-order valence-electron chi connectivity index (χ1n) is 8.30. The van der Waals surface area contributed by atoms with Gasteiger partial charge >= 0.3 is 5.97 Å². The first-order chi connectivity index (χ1) is 10.2. The van der Waals surface area contributed by atoms with Gasteiger partial charge in [0, 0.05) is 31.5 Å². The van der Waals surface area contributed by atoms with E-state index in [4.69, 9.17) is 10.5 Å². The number of methoxy groups -OCH3 is 1. The van der Waals surface area contributed by atoms with Crippen LogP contribution in [0.1, 0.15) is 52.9 Å². The van der Waals surface area contributed by atoms with Crippen LogP contribution < -0.4 is 11.1 Å². The average Bonchev–Trinajstić information content (AvgIpc) is 2.80. The number of nitrogens with one attached hydrogen (secondary N) is 1. The molecule has 0 aliphatic heterocycles. The molecule has 0 heterocycles. The molecule has 0 spiro atoms. The van der Waals surface area contributed by atoms with Crippen molar-refractivity contribution in [1.29, 1.82) is 0 Å². The molecule has 3 atom stereocenters. The quantitative estimate of drug-likeness (QED) is 0.669. The molecule has 0 unspecified atom stereocenters. The van der Waals surface area contributed by atoms with Crippen molar-refractivity contribution < 1.29 is 14.3 Å². The third-order valence-electron chi connectivity index (χ3n) is 4.21. The van der Waals surface area contributed by atoms with Gasteiger partial charge in [-0.25, -0.2) is 0 Å². The van der Waals surface area contributed by atoms with E-state index in [0.29, 0.717) is 31.7 Å².